The van der Waals surface area contributed by atoms with Crippen molar-refractivity contribution in [1.29, 1.82) is 0 Å². The Hall–Kier alpha value is -1.83. The molecule has 0 aromatic carbocycles. The lowest BCUT2D eigenvalue weighted by Crippen LogP contribution is -1.96. The summed E-state index contributed by atoms with van der Waals surface area (Å²) >= 11 is 0. The first kappa shape index (κ1) is 11.2. The van der Waals surface area contributed by atoms with Crippen molar-refractivity contribution in [2.75, 3.05) is 7.05 Å². The molecule has 1 rings (SSSR count). The Morgan fingerprint density at radius 1 is 1.47 bits per heavy atom. The van der Waals surface area contributed by atoms with E-state index in [2.05, 4.69) is 23.5 Å². The standard InChI is InChI=1S/C13H16N2/c1-5-11(8-14-4)13-7-6-12(9-15-13)10(2)3/h5-9,14H,1-2H2,3-4H3/b11-8+. The fourth-order valence-electron chi connectivity index (χ4n) is 1.21. The summed E-state index contributed by atoms with van der Waals surface area (Å²) < 4.78 is 0. The average Bonchev–Trinajstić information content (AvgIpc) is 2.26. The molecule has 0 saturated heterocycles. The largest absolute Gasteiger partial charge is 0.393 e. The average molecular weight is 200 g/mol. The molecule has 2 heteroatoms. The zero-order valence-electron chi connectivity index (χ0n) is 9.25. The van der Waals surface area contributed by atoms with E-state index in [-0.39, 0.29) is 0 Å². The van der Waals surface area contributed by atoms with Crippen LogP contribution in [-0.2, 0) is 0 Å². The summed E-state index contributed by atoms with van der Waals surface area (Å²) in [5.74, 6) is 0. The molecule has 0 aliphatic carbocycles. The van der Waals surface area contributed by atoms with E-state index in [9.17, 15) is 0 Å². The van der Waals surface area contributed by atoms with E-state index >= 15 is 0 Å². The van der Waals surface area contributed by atoms with Gasteiger partial charge < -0.3 is 5.32 Å². The van der Waals surface area contributed by atoms with Crippen LogP contribution in [0.25, 0.3) is 11.1 Å². The molecule has 2 nitrogen and oxygen atoms in total. The van der Waals surface area contributed by atoms with Crippen LogP contribution in [0.4, 0.5) is 0 Å². The van der Waals surface area contributed by atoms with Gasteiger partial charge in [0, 0.05) is 25.0 Å². The van der Waals surface area contributed by atoms with Crippen molar-refractivity contribution in [1.82, 2.24) is 10.3 Å². The summed E-state index contributed by atoms with van der Waals surface area (Å²) in [6.45, 7) is 9.58. The Balaban J connectivity index is 3.02. The van der Waals surface area contributed by atoms with E-state index < -0.39 is 0 Å². The van der Waals surface area contributed by atoms with Gasteiger partial charge in [-0.3, -0.25) is 4.98 Å². The zero-order valence-corrected chi connectivity index (χ0v) is 9.25. The molecule has 0 aliphatic heterocycles. The predicted octanol–water partition coefficient (Wildman–Crippen LogP) is 2.86. The number of nitrogens with one attached hydrogen (secondary N) is 1. The van der Waals surface area contributed by atoms with Crippen LogP contribution in [0.2, 0.25) is 0 Å². The van der Waals surface area contributed by atoms with Crippen molar-refractivity contribution >= 4 is 11.1 Å². The molecule has 0 unspecified atom stereocenters. The Morgan fingerprint density at radius 3 is 2.60 bits per heavy atom. The number of nitrogens with zero attached hydrogens (tertiary/aromatic N) is 1. The van der Waals surface area contributed by atoms with Crippen molar-refractivity contribution in [3.63, 3.8) is 0 Å². The van der Waals surface area contributed by atoms with E-state index in [1.54, 1.807) is 6.08 Å². The van der Waals surface area contributed by atoms with E-state index in [0.29, 0.717) is 0 Å². The lowest BCUT2D eigenvalue weighted by atomic mass is 10.1. The predicted molar refractivity (Wildman–Crippen MR) is 66.2 cm³/mol. The van der Waals surface area contributed by atoms with Gasteiger partial charge in [-0.25, -0.2) is 0 Å². The smallest absolute Gasteiger partial charge is 0.0716 e. The van der Waals surface area contributed by atoms with E-state index in [0.717, 1.165) is 22.4 Å². The lowest BCUT2D eigenvalue weighted by Gasteiger charge is -2.03. The highest BCUT2D eigenvalue weighted by Gasteiger charge is 1.99. The maximum Gasteiger partial charge on any atom is 0.0716 e. The molecule has 78 valence electrons. The summed E-state index contributed by atoms with van der Waals surface area (Å²) in [7, 11) is 1.85. The maximum absolute atomic E-state index is 4.35. The number of hydrogen-bond donors (Lipinski definition) is 1. The minimum absolute atomic E-state index is 0.907. The molecule has 1 N–H and O–H groups in total. The van der Waals surface area contributed by atoms with Crippen LogP contribution in [0.3, 0.4) is 0 Å². The molecular formula is C13H16N2. The van der Waals surface area contributed by atoms with Crippen LogP contribution in [0.1, 0.15) is 18.2 Å². The van der Waals surface area contributed by atoms with E-state index in [1.807, 2.05) is 38.5 Å². The second-order valence-corrected chi connectivity index (χ2v) is 3.30. The van der Waals surface area contributed by atoms with Crippen LogP contribution >= 0.6 is 0 Å². The van der Waals surface area contributed by atoms with E-state index in [1.165, 1.54) is 0 Å². The third kappa shape index (κ3) is 2.81. The number of pyridine rings is 1. The van der Waals surface area contributed by atoms with Crippen molar-refractivity contribution in [3.05, 3.63) is 55.0 Å². The number of rotatable bonds is 4. The van der Waals surface area contributed by atoms with Crippen LogP contribution < -0.4 is 5.32 Å². The van der Waals surface area contributed by atoms with Crippen LogP contribution in [0, 0.1) is 0 Å². The Kier molecular flexibility index (Phi) is 3.86. The highest BCUT2D eigenvalue weighted by molar-refractivity contribution is 5.71. The Morgan fingerprint density at radius 2 is 2.20 bits per heavy atom. The minimum atomic E-state index is 0.907. The van der Waals surface area contributed by atoms with Gasteiger partial charge in [0.15, 0.2) is 0 Å². The van der Waals surface area contributed by atoms with Gasteiger partial charge in [-0.05, 0) is 24.1 Å². The molecule has 1 aromatic heterocycles. The number of allylic oxidation sites excluding steroid dienone is 3. The van der Waals surface area contributed by atoms with Gasteiger partial charge >= 0.3 is 0 Å². The van der Waals surface area contributed by atoms with Crippen molar-refractivity contribution in [2.45, 2.75) is 6.92 Å². The molecule has 1 aromatic rings. The van der Waals surface area contributed by atoms with Crippen LogP contribution in [0.5, 0.6) is 0 Å². The second kappa shape index (κ2) is 5.15. The third-order valence-corrected chi connectivity index (χ3v) is 2.07. The second-order valence-electron chi connectivity index (χ2n) is 3.30. The first-order valence-corrected chi connectivity index (χ1v) is 4.81. The van der Waals surface area contributed by atoms with Crippen molar-refractivity contribution < 1.29 is 0 Å². The molecule has 0 atom stereocenters. The SMILES string of the molecule is C=C/C(=C\NC)c1ccc(C(=C)C)cn1. The highest BCUT2D eigenvalue weighted by atomic mass is 14.8. The molecule has 1 heterocycles. The Labute approximate surface area is 91.1 Å². The van der Waals surface area contributed by atoms with E-state index in [4.69, 9.17) is 0 Å². The van der Waals surface area contributed by atoms with Gasteiger partial charge in [-0.15, -0.1) is 0 Å². The third-order valence-electron chi connectivity index (χ3n) is 2.07. The molecule has 0 aliphatic rings. The van der Waals surface area contributed by atoms with Gasteiger partial charge in [0.25, 0.3) is 0 Å². The maximum atomic E-state index is 4.35. The molecule has 15 heavy (non-hydrogen) atoms. The van der Waals surface area contributed by atoms with Gasteiger partial charge in [-0.2, -0.15) is 0 Å². The highest BCUT2D eigenvalue weighted by Crippen LogP contribution is 2.15. The minimum Gasteiger partial charge on any atom is -0.393 e. The van der Waals surface area contributed by atoms with Crippen molar-refractivity contribution in [2.24, 2.45) is 0 Å². The summed E-state index contributed by atoms with van der Waals surface area (Å²) in [6, 6.07) is 3.98. The molecule has 0 radical (unpaired) electrons. The van der Waals surface area contributed by atoms with Gasteiger partial charge in [0.1, 0.15) is 0 Å². The monoisotopic (exact) mass is 200 g/mol. The lowest BCUT2D eigenvalue weighted by molar-refractivity contribution is 1.10. The fourth-order valence-corrected chi connectivity index (χ4v) is 1.21. The van der Waals surface area contributed by atoms with Gasteiger partial charge in [0.05, 0.1) is 5.69 Å². The summed E-state index contributed by atoms with van der Waals surface area (Å²) in [5.41, 5.74) is 3.97. The first-order chi connectivity index (χ1) is 7.19. The zero-order chi connectivity index (χ0) is 11.3. The Bertz CT molecular complexity index is 386. The fraction of sp³-hybridized carbons (Fsp3) is 0.154. The summed E-state index contributed by atoms with van der Waals surface area (Å²) in [6.07, 6.45) is 5.47. The quantitative estimate of drug-likeness (QED) is 0.756. The van der Waals surface area contributed by atoms with Gasteiger partial charge in [0.2, 0.25) is 0 Å². The first-order valence-electron chi connectivity index (χ1n) is 4.81. The molecule has 0 amide bonds. The van der Waals surface area contributed by atoms with Crippen molar-refractivity contribution in [3.8, 4) is 0 Å². The van der Waals surface area contributed by atoms with Crippen LogP contribution in [0.15, 0.2) is 43.8 Å². The summed E-state index contributed by atoms with van der Waals surface area (Å²) in [5, 5.41) is 2.96. The molecular weight excluding hydrogens is 184 g/mol. The molecule has 0 fully saturated rings. The number of hydrogen-bond acceptors (Lipinski definition) is 2. The molecule has 0 spiro atoms. The summed E-state index contributed by atoms with van der Waals surface area (Å²) in [4.78, 5) is 4.35. The topological polar surface area (TPSA) is 24.9 Å². The number of aromatic nitrogens is 1. The van der Waals surface area contributed by atoms with Gasteiger partial charge in [-0.1, -0.05) is 25.3 Å². The molecule has 0 saturated carbocycles. The molecule has 0 bridgehead atoms. The van der Waals surface area contributed by atoms with Crippen LogP contribution in [-0.4, -0.2) is 12.0 Å². The normalized spacial score (nSPS) is 10.9.